The number of esters is 1. The van der Waals surface area contributed by atoms with E-state index in [0.29, 0.717) is 11.5 Å². The van der Waals surface area contributed by atoms with Gasteiger partial charge < -0.3 is 14.8 Å². The number of urea groups is 1. The van der Waals surface area contributed by atoms with Gasteiger partial charge in [-0.1, -0.05) is 12.1 Å². The minimum absolute atomic E-state index is 0.0846. The molecule has 0 atom stereocenters. The van der Waals surface area contributed by atoms with E-state index in [1.165, 1.54) is 0 Å². The van der Waals surface area contributed by atoms with Crippen LogP contribution in [0.3, 0.4) is 0 Å². The summed E-state index contributed by atoms with van der Waals surface area (Å²) in [5.41, 5.74) is 1.68. The van der Waals surface area contributed by atoms with Gasteiger partial charge in [0.25, 0.3) is 0 Å². The minimum atomic E-state index is -0.549. The molecule has 0 aliphatic carbocycles. The Labute approximate surface area is 174 Å². The Morgan fingerprint density at radius 3 is 2.70 bits per heavy atom. The highest BCUT2D eigenvalue weighted by Crippen LogP contribution is 2.22. The second kappa shape index (κ2) is 8.81. The predicted molar refractivity (Wildman–Crippen MR) is 112 cm³/mol. The van der Waals surface area contributed by atoms with Crippen LogP contribution in [0.5, 0.6) is 5.75 Å². The van der Waals surface area contributed by atoms with Gasteiger partial charge in [0.1, 0.15) is 11.4 Å². The van der Waals surface area contributed by atoms with Crippen molar-refractivity contribution in [2.24, 2.45) is 0 Å². The third-order valence-electron chi connectivity index (χ3n) is 3.96. The summed E-state index contributed by atoms with van der Waals surface area (Å²) >= 11 is 0. The van der Waals surface area contributed by atoms with Crippen molar-refractivity contribution in [2.45, 2.75) is 32.8 Å². The average Bonchev–Trinajstić information content (AvgIpc) is 3.07. The van der Waals surface area contributed by atoms with Crippen molar-refractivity contribution >= 4 is 23.5 Å². The summed E-state index contributed by atoms with van der Waals surface area (Å²) in [6.45, 7) is 5.54. The van der Waals surface area contributed by atoms with E-state index in [1.54, 1.807) is 38.6 Å². The smallest absolute Gasteiger partial charge is 0.320 e. The standard InChI is InChI=1S/C21H25N5O4/c1-21(2,3)30-19(27)10-11-22-20(28)24-17-13-26-18(23-17)9-8-16(25-26)14-6-5-7-15(12-14)29-4/h5-9,12-13H,10-11H2,1-4H3,(H2,22,24,28). The zero-order chi connectivity index (χ0) is 21.7. The molecule has 158 valence electrons. The van der Waals surface area contributed by atoms with E-state index in [0.717, 1.165) is 17.0 Å². The van der Waals surface area contributed by atoms with Crippen LogP contribution in [0.1, 0.15) is 27.2 Å². The molecule has 0 saturated heterocycles. The molecule has 3 aromatic rings. The molecule has 0 bridgehead atoms. The highest BCUT2D eigenvalue weighted by Gasteiger charge is 2.16. The zero-order valence-electron chi connectivity index (χ0n) is 17.4. The van der Waals surface area contributed by atoms with E-state index in [9.17, 15) is 9.59 Å². The molecule has 9 heteroatoms. The topological polar surface area (TPSA) is 107 Å². The fourth-order valence-electron chi connectivity index (χ4n) is 2.71. The van der Waals surface area contributed by atoms with Crippen LogP contribution in [0.4, 0.5) is 10.6 Å². The van der Waals surface area contributed by atoms with Crippen LogP contribution in [0.25, 0.3) is 16.9 Å². The van der Waals surface area contributed by atoms with Crippen LogP contribution >= 0.6 is 0 Å². The monoisotopic (exact) mass is 411 g/mol. The van der Waals surface area contributed by atoms with E-state index in [1.807, 2.05) is 36.4 Å². The van der Waals surface area contributed by atoms with E-state index < -0.39 is 11.6 Å². The lowest BCUT2D eigenvalue weighted by Gasteiger charge is -2.19. The molecule has 2 amide bonds. The Morgan fingerprint density at radius 2 is 1.97 bits per heavy atom. The molecule has 0 spiro atoms. The Balaban J connectivity index is 1.60. The Hall–Kier alpha value is -3.62. The van der Waals surface area contributed by atoms with Crippen molar-refractivity contribution < 1.29 is 19.1 Å². The highest BCUT2D eigenvalue weighted by molar-refractivity contribution is 5.88. The summed E-state index contributed by atoms with van der Waals surface area (Å²) in [7, 11) is 1.61. The largest absolute Gasteiger partial charge is 0.497 e. The molecule has 0 aliphatic rings. The first-order valence-electron chi connectivity index (χ1n) is 9.51. The fourth-order valence-corrected chi connectivity index (χ4v) is 2.71. The van der Waals surface area contributed by atoms with Crippen LogP contribution in [-0.4, -0.2) is 45.9 Å². The van der Waals surface area contributed by atoms with Crippen LogP contribution in [0.15, 0.2) is 42.6 Å². The number of carbonyl (C=O) groups excluding carboxylic acids is 2. The van der Waals surface area contributed by atoms with E-state index in [2.05, 4.69) is 20.7 Å². The molecule has 0 saturated carbocycles. The lowest BCUT2D eigenvalue weighted by Crippen LogP contribution is -2.32. The number of amides is 2. The predicted octanol–water partition coefficient (Wildman–Crippen LogP) is 3.26. The van der Waals surface area contributed by atoms with Gasteiger partial charge in [0.15, 0.2) is 11.5 Å². The first-order valence-corrected chi connectivity index (χ1v) is 9.51. The SMILES string of the molecule is COc1cccc(-c2ccc3nc(NC(=O)NCCC(=O)OC(C)(C)C)cn3n2)c1. The number of rotatable bonds is 6. The van der Waals surface area contributed by atoms with Crippen LogP contribution in [-0.2, 0) is 9.53 Å². The molecule has 2 heterocycles. The Bertz CT molecular complexity index is 1050. The summed E-state index contributed by atoms with van der Waals surface area (Å²) in [6, 6.07) is 10.8. The molecular weight excluding hydrogens is 386 g/mol. The third kappa shape index (κ3) is 5.69. The number of imidazole rings is 1. The second-order valence-corrected chi connectivity index (χ2v) is 7.60. The van der Waals surface area contributed by atoms with Gasteiger partial charge >= 0.3 is 12.0 Å². The maximum atomic E-state index is 12.1. The summed E-state index contributed by atoms with van der Waals surface area (Å²) < 4.78 is 12.0. The molecule has 9 nitrogen and oxygen atoms in total. The first kappa shape index (κ1) is 21.1. The summed E-state index contributed by atoms with van der Waals surface area (Å²) in [4.78, 5) is 28.1. The second-order valence-electron chi connectivity index (χ2n) is 7.60. The molecular formula is C21H25N5O4. The molecule has 0 aliphatic heterocycles. The van der Waals surface area contributed by atoms with Crippen molar-refractivity contribution in [3.63, 3.8) is 0 Å². The molecule has 3 rings (SSSR count). The summed E-state index contributed by atoms with van der Waals surface area (Å²) in [6.07, 6.45) is 1.70. The number of anilines is 1. The van der Waals surface area contributed by atoms with E-state index in [4.69, 9.17) is 9.47 Å². The lowest BCUT2D eigenvalue weighted by atomic mass is 10.1. The summed E-state index contributed by atoms with van der Waals surface area (Å²) in [5.74, 6) is 0.718. The number of hydrogen-bond acceptors (Lipinski definition) is 6. The van der Waals surface area contributed by atoms with Gasteiger partial charge in [-0.2, -0.15) is 5.10 Å². The molecule has 1 aromatic carbocycles. The number of fused-ring (bicyclic) bond motifs is 1. The van der Waals surface area contributed by atoms with Gasteiger partial charge in [0, 0.05) is 12.1 Å². The lowest BCUT2D eigenvalue weighted by molar-refractivity contribution is -0.154. The Kier molecular flexibility index (Phi) is 6.20. The van der Waals surface area contributed by atoms with Crippen molar-refractivity contribution in [1.29, 1.82) is 0 Å². The number of ether oxygens (including phenoxy) is 2. The quantitative estimate of drug-likeness (QED) is 0.603. The molecule has 2 N–H and O–H groups in total. The molecule has 0 radical (unpaired) electrons. The van der Waals surface area contributed by atoms with Crippen molar-refractivity contribution in [3.8, 4) is 17.0 Å². The van der Waals surface area contributed by atoms with Gasteiger partial charge in [-0.3, -0.25) is 10.1 Å². The van der Waals surface area contributed by atoms with Gasteiger partial charge in [0.2, 0.25) is 0 Å². The highest BCUT2D eigenvalue weighted by atomic mass is 16.6. The number of aromatic nitrogens is 3. The van der Waals surface area contributed by atoms with Crippen LogP contribution in [0, 0.1) is 0 Å². The van der Waals surface area contributed by atoms with Crippen molar-refractivity contribution in [1.82, 2.24) is 19.9 Å². The number of nitrogens with one attached hydrogen (secondary N) is 2. The van der Waals surface area contributed by atoms with E-state index in [-0.39, 0.29) is 18.9 Å². The maximum absolute atomic E-state index is 12.1. The van der Waals surface area contributed by atoms with Crippen LogP contribution in [0.2, 0.25) is 0 Å². The average molecular weight is 411 g/mol. The van der Waals surface area contributed by atoms with Crippen molar-refractivity contribution in [3.05, 3.63) is 42.6 Å². The zero-order valence-corrected chi connectivity index (χ0v) is 17.4. The van der Waals surface area contributed by atoms with Crippen LogP contribution < -0.4 is 15.4 Å². The molecule has 0 unspecified atom stereocenters. The fraction of sp³-hybridized carbons (Fsp3) is 0.333. The molecule has 2 aromatic heterocycles. The van der Waals surface area contributed by atoms with E-state index >= 15 is 0 Å². The molecule has 30 heavy (non-hydrogen) atoms. The Morgan fingerprint density at radius 1 is 1.17 bits per heavy atom. The first-order chi connectivity index (χ1) is 14.2. The maximum Gasteiger partial charge on any atom is 0.320 e. The van der Waals surface area contributed by atoms with Gasteiger partial charge in [0.05, 0.1) is 25.4 Å². The number of benzene rings is 1. The van der Waals surface area contributed by atoms with Gasteiger partial charge in [-0.25, -0.2) is 14.3 Å². The number of hydrogen-bond donors (Lipinski definition) is 2. The minimum Gasteiger partial charge on any atom is -0.497 e. The number of methoxy groups -OCH3 is 1. The molecule has 0 fully saturated rings. The van der Waals surface area contributed by atoms with Gasteiger partial charge in [-0.05, 0) is 45.0 Å². The number of nitrogens with zero attached hydrogens (tertiary/aromatic N) is 3. The van der Waals surface area contributed by atoms with Crippen molar-refractivity contribution in [2.75, 3.05) is 19.0 Å². The van der Waals surface area contributed by atoms with Gasteiger partial charge in [-0.15, -0.1) is 0 Å². The summed E-state index contributed by atoms with van der Waals surface area (Å²) in [5, 5.41) is 9.78. The third-order valence-corrected chi connectivity index (χ3v) is 3.96. The number of carbonyl (C=O) groups is 2. The normalized spacial score (nSPS) is 11.2.